The second kappa shape index (κ2) is 13.5. The van der Waals surface area contributed by atoms with Crippen molar-refractivity contribution in [3.8, 4) is 5.75 Å². The van der Waals surface area contributed by atoms with Crippen LogP contribution < -0.4 is 9.64 Å². The zero-order chi connectivity index (χ0) is 33.1. The number of non-ortho nitro benzene ring substituents is 1. The van der Waals surface area contributed by atoms with Gasteiger partial charge in [-0.3, -0.25) is 24.6 Å². The highest BCUT2D eigenvalue weighted by atomic mass is 32.2. The molecule has 0 aliphatic carbocycles. The standard InChI is InChI=1S/C34H25FN4O6S2/c1-20-4-2-3-5-24(20)18-45-27-16-10-23(11-17-27)30(40)28-29(22-8-14-26(15-9-22)39(43)44)38(32(42)31(28)41)33-36-37-34(47-33)46-19-21-6-12-25(35)13-7-21/h2-17,29,40H,18-19H2,1H3/b30-28+. The van der Waals surface area contributed by atoms with Crippen molar-refractivity contribution < 1.29 is 28.7 Å². The molecule has 13 heteroatoms. The van der Waals surface area contributed by atoms with Crippen LogP contribution in [0.2, 0.25) is 0 Å². The lowest BCUT2D eigenvalue weighted by molar-refractivity contribution is -0.384. The van der Waals surface area contributed by atoms with Crippen LogP contribution in [-0.2, 0) is 21.9 Å². The second-order valence-corrected chi connectivity index (χ2v) is 12.7. The van der Waals surface area contributed by atoms with Crippen LogP contribution in [-0.4, -0.2) is 31.9 Å². The Morgan fingerprint density at radius 1 is 1.00 bits per heavy atom. The van der Waals surface area contributed by atoms with Crippen molar-refractivity contribution in [2.75, 3.05) is 4.90 Å². The number of carbonyl (C=O) groups is 2. The Bertz CT molecular complexity index is 2000. The molecule has 5 aromatic rings. The van der Waals surface area contributed by atoms with E-state index < -0.39 is 28.4 Å². The molecular formula is C34H25FN4O6S2. The van der Waals surface area contributed by atoms with Gasteiger partial charge in [0.1, 0.15) is 23.9 Å². The number of benzene rings is 4. The summed E-state index contributed by atoms with van der Waals surface area (Å²) in [5.74, 6) is -1.64. The normalized spacial score (nSPS) is 15.6. The molecule has 0 saturated carbocycles. The molecule has 236 valence electrons. The Morgan fingerprint density at radius 2 is 1.70 bits per heavy atom. The minimum atomic E-state index is -1.14. The first-order chi connectivity index (χ1) is 22.7. The van der Waals surface area contributed by atoms with E-state index in [9.17, 15) is 29.2 Å². The van der Waals surface area contributed by atoms with Gasteiger partial charge in [0, 0.05) is 23.4 Å². The lowest BCUT2D eigenvalue weighted by Crippen LogP contribution is -2.29. The molecule has 1 atom stereocenters. The third-order valence-corrected chi connectivity index (χ3v) is 9.65. The highest BCUT2D eigenvalue weighted by Crippen LogP contribution is 2.44. The van der Waals surface area contributed by atoms with E-state index in [-0.39, 0.29) is 27.8 Å². The topological polar surface area (TPSA) is 136 Å². The van der Waals surface area contributed by atoms with Crippen LogP contribution in [0, 0.1) is 22.9 Å². The van der Waals surface area contributed by atoms with Crippen LogP contribution in [0.3, 0.4) is 0 Å². The number of carbonyl (C=O) groups excluding carboxylic acids is 2. The van der Waals surface area contributed by atoms with Crippen LogP contribution in [0.4, 0.5) is 15.2 Å². The van der Waals surface area contributed by atoms with E-state index in [1.807, 2.05) is 31.2 Å². The van der Waals surface area contributed by atoms with Crippen molar-refractivity contribution >= 4 is 51.4 Å². The quantitative estimate of drug-likeness (QED) is 0.0307. The van der Waals surface area contributed by atoms with Gasteiger partial charge in [0.05, 0.1) is 16.5 Å². The average molecular weight is 669 g/mol. The molecule has 1 aromatic heterocycles. The first kappa shape index (κ1) is 31.6. The van der Waals surface area contributed by atoms with Crippen molar-refractivity contribution in [2.45, 2.75) is 29.7 Å². The third kappa shape index (κ3) is 6.76. The molecule has 4 aromatic carbocycles. The Balaban J connectivity index is 1.31. The summed E-state index contributed by atoms with van der Waals surface area (Å²) in [5, 5.41) is 31.3. The molecule has 0 bridgehead atoms. The predicted octanol–water partition coefficient (Wildman–Crippen LogP) is 7.39. The largest absolute Gasteiger partial charge is 0.507 e. The molecule has 47 heavy (non-hydrogen) atoms. The first-order valence-corrected chi connectivity index (χ1v) is 16.0. The van der Waals surface area contributed by atoms with Crippen LogP contribution in [0.1, 0.15) is 33.9 Å². The summed E-state index contributed by atoms with van der Waals surface area (Å²) in [5.41, 5.74) is 3.21. The molecule has 1 aliphatic heterocycles. The fraction of sp³-hybridized carbons (Fsp3) is 0.118. The van der Waals surface area contributed by atoms with E-state index in [0.717, 1.165) is 32.9 Å². The van der Waals surface area contributed by atoms with Crippen LogP contribution in [0.5, 0.6) is 5.75 Å². The van der Waals surface area contributed by atoms with Crippen LogP contribution >= 0.6 is 23.1 Å². The Morgan fingerprint density at radius 3 is 2.38 bits per heavy atom. The van der Waals surface area contributed by atoms with E-state index in [2.05, 4.69) is 10.2 Å². The number of hydrogen-bond donors (Lipinski definition) is 1. The molecule has 1 N–H and O–H groups in total. The third-order valence-electron chi connectivity index (χ3n) is 7.52. The number of aliphatic hydroxyl groups is 1. The first-order valence-electron chi connectivity index (χ1n) is 14.2. The molecule has 2 heterocycles. The zero-order valence-corrected chi connectivity index (χ0v) is 26.3. The van der Waals surface area contributed by atoms with E-state index >= 15 is 0 Å². The maximum Gasteiger partial charge on any atom is 0.301 e. The van der Waals surface area contributed by atoms with Crippen molar-refractivity contribution in [3.63, 3.8) is 0 Å². The van der Waals surface area contributed by atoms with Crippen molar-refractivity contribution in [1.29, 1.82) is 0 Å². The number of nitro groups is 1. The predicted molar refractivity (Wildman–Crippen MR) is 176 cm³/mol. The molecule has 0 spiro atoms. The number of amides is 1. The molecule has 1 amide bonds. The van der Waals surface area contributed by atoms with Gasteiger partial charge in [0.2, 0.25) is 5.13 Å². The van der Waals surface area contributed by atoms with E-state index in [4.69, 9.17) is 4.74 Å². The Hall–Kier alpha value is -5.40. The van der Waals surface area contributed by atoms with Crippen LogP contribution in [0.15, 0.2) is 107 Å². The lowest BCUT2D eigenvalue weighted by Gasteiger charge is -2.22. The minimum absolute atomic E-state index is 0.107. The van der Waals surface area contributed by atoms with Gasteiger partial charge in [-0.25, -0.2) is 4.39 Å². The number of aryl methyl sites for hydroxylation is 1. The van der Waals surface area contributed by atoms with E-state index in [0.29, 0.717) is 28.0 Å². The molecule has 1 unspecified atom stereocenters. The summed E-state index contributed by atoms with van der Waals surface area (Å²) < 4.78 is 19.7. The monoisotopic (exact) mass is 668 g/mol. The molecular weight excluding hydrogens is 644 g/mol. The molecule has 10 nitrogen and oxygen atoms in total. The number of ketones is 1. The van der Waals surface area contributed by atoms with Crippen molar-refractivity contribution in [1.82, 2.24) is 10.2 Å². The summed E-state index contributed by atoms with van der Waals surface area (Å²) in [4.78, 5) is 39.0. The maximum absolute atomic E-state index is 13.5. The zero-order valence-electron chi connectivity index (χ0n) is 24.7. The average Bonchev–Trinajstić information content (AvgIpc) is 3.65. The number of rotatable bonds is 10. The molecule has 1 aliphatic rings. The molecule has 1 saturated heterocycles. The van der Waals surface area contributed by atoms with Crippen molar-refractivity contribution in [3.05, 3.63) is 146 Å². The Labute approximate surface area is 276 Å². The van der Waals surface area contributed by atoms with E-state index in [1.54, 1.807) is 36.4 Å². The highest BCUT2D eigenvalue weighted by Gasteiger charge is 2.48. The Kier molecular flexibility index (Phi) is 9.09. The molecule has 1 fully saturated rings. The van der Waals surface area contributed by atoms with Crippen molar-refractivity contribution in [2.24, 2.45) is 0 Å². The van der Waals surface area contributed by atoms with Crippen LogP contribution in [0.25, 0.3) is 5.76 Å². The summed E-state index contributed by atoms with van der Waals surface area (Å²) in [6.45, 7) is 2.33. The van der Waals surface area contributed by atoms with E-state index in [1.165, 1.54) is 48.2 Å². The van der Waals surface area contributed by atoms with Gasteiger partial charge >= 0.3 is 5.91 Å². The smallest absolute Gasteiger partial charge is 0.301 e. The highest BCUT2D eigenvalue weighted by molar-refractivity contribution is 8.00. The van der Waals surface area contributed by atoms with Gasteiger partial charge in [-0.1, -0.05) is 59.5 Å². The number of anilines is 1. The summed E-state index contributed by atoms with van der Waals surface area (Å²) in [6.07, 6.45) is 0. The maximum atomic E-state index is 13.5. The van der Waals surface area contributed by atoms with Gasteiger partial charge in [-0.2, -0.15) is 0 Å². The summed E-state index contributed by atoms with van der Waals surface area (Å²) in [6, 6.07) is 24.6. The molecule has 0 radical (unpaired) electrons. The molecule has 6 rings (SSSR count). The number of hydrogen-bond acceptors (Lipinski definition) is 10. The van der Waals surface area contributed by atoms with Gasteiger partial charge in [0.25, 0.3) is 11.5 Å². The minimum Gasteiger partial charge on any atom is -0.507 e. The van der Waals surface area contributed by atoms with Gasteiger partial charge < -0.3 is 9.84 Å². The second-order valence-electron chi connectivity index (χ2n) is 10.5. The fourth-order valence-electron chi connectivity index (χ4n) is 5.01. The number of halogens is 1. The number of nitrogens with zero attached hydrogens (tertiary/aromatic N) is 4. The number of aromatic nitrogens is 2. The van der Waals surface area contributed by atoms with Gasteiger partial charge in [0.15, 0.2) is 4.34 Å². The number of ether oxygens (including phenoxy) is 1. The summed E-state index contributed by atoms with van der Waals surface area (Å²) in [7, 11) is 0. The van der Waals surface area contributed by atoms with Gasteiger partial charge in [-0.05, 0) is 77.7 Å². The number of aliphatic hydroxyl groups excluding tert-OH is 1. The number of thioether (sulfide) groups is 1. The number of nitro benzene ring substituents is 1. The lowest BCUT2D eigenvalue weighted by atomic mass is 9.95. The number of Topliss-reactive ketones (excluding diaryl/α,β-unsaturated/α-hetero) is 1. The SMILES string of the molecule is Cc1ccccc1COc1ccc(/C(O)=C2\C(=O)C(=O)N(c3nnc(SCc4ccc(F)cc4)s3)C2c2ccc([N+](=O)[O-])cc2)cc1. The summed E-state index contributed by atoms with van der Waals surface area (Å²) >= 11 is 2.39. The fourth-order valence-corrected chi connectivity index (χ4v) is 6.83. The van der Waals surface area contributed by atoms with Gasteiger partial charge in [-0.15, -0.1) is 10.2 Å².